The van der Waals surface area contributed by atoms with Crippen LogP contribution in [-0.4, -0.2) is 41.7 Å². The molecule has 0 amide bonds. The van der Waals surface area contributed by atoms with Gasteiger partial charge in [-0.2, -0.15) is 0 Å². The minimum absolute atomic E-state index is 0.0258. The fraction of sp³-hybridized carbons (Fsp3) is 0.500. The van der Waals surface area contributed by atoms with Crippen LogP contribution >= 0.6 is 23.2 Å². The van der Waals surface area contributed by atoms with Gasteiger partial charge in [-0.3, -0.25) is 9.69 Å². The number of nitrogens with zero attached hydrogens (tertiary/aromatic N) is 1. The van der Waals surface area contributed by atoms with E-state index in [1.165, 1.54) is 0 Å². The zero-order valence-electron chi connectivity index (χ0n) is 11.2. The normalized spacial score (nSPS) is 22.9. The number of aliphatic carboxylic acids is 1. The zero-order valence-corrected chi connectivity index (χ0v) is 12.7. The van der Waals surface area contributed by atoms with Crippen molar-refractivity contribution in [1.82, 2.24) is 4.90 Å². The number of hydrogen-bond donors (Lipinski definition) is 1. The van der Waals surface area contributed by atoms with Crippen LogP contribution in [0.15, 0.2) is 18.2 Å². The van der Waals surface area contributed by atoms with Crippen molar-refractivity contribution < 1.29 is 14.6 Å². The maximum atomic E-state index is 11.0. The lowest BCUT2D eigenvalue weighted by Crippen LogP contribution is -2.35. The first-order valence-corrected chi connectivity index (χ1v) is 7.30. The summed E-state index contributed by atoms with van der Waals surface area (Å²) in [6.45, 7) is 3.80. The molecule has 2 atom stereocenters. The Balaban J connectivity index is 1.87. The molecule has 2 rings (SSSR count). The van der Waals surface area contributed by atoms with Gasteiger partial charge in [-0.25, -0.2) is 0 Å². The molecule has 2 unspecified atom stereocenters. The van der Waals surface area contributed by atoms with Crippen molar-refractivity contribution in [2.24, 2.45) is 5.92 Å². The first-order valence-electron chi connectivity index (χ1n) is 6.54. The van der Waals surface area contributed by atoms with E-state index in [9.17, 15) is 4.79 Å². The molecule has 0 radical (unpaired) electrons. The molecule has 0 aliphatic carbocycles. The van der Waals surface area contributed by atoms with Crippen LogP contribution in [0, 0.1) is 5.92 Å². The molecule has 1 aromatic rings. The molecular formula is C14H17Cl2NO3. The summed E-state index contributed by atoms with van der Waals surface area (Å²) in [7, 11) is 0. The lowest BCUT2D eigenvalue weighted by atomic mass is 10.0. The molecule has 1 fully saturated rings. The zero-order chi connectivity index (χ0) is 14.7. The fourth-order valence-electron chi connectivity index (χ4n) is 2.53. The van der Waals surface area contributed by atoms with Crippen molar-refractivity contribution in [2.45, 2.75) is 19.4 Å². The summed E-state index contributed by atoms with van der Waals surface area (Å²) in [5.41, 5.74) is 0. The standard InChI is InChI=1S/C14H17Cl2NO3/c1-9-10(14(18)19)5-6-17(9)7-8-20-13-11(15)3-2-4-12(13)16/h2-4,9-10H,5-8H2,1H3,(H,18,19). The highest BCUT2D eigenvalue weighted by atomic mass is 35.5. The van der Waals surface area contributed by atoms with Crippen molar-refractivity contribution >= 4 is 29.2 Å². The molecule has 0 aromatic heterocycles. The highest BCUT2D eigenvalue weighted by Crippen LogP contribution is 2.32. The van der Waals surface area contributed by atoms with Crippen LogP contribution < -0.4 is 4.74 Å². The van der Waals surface area contributed by atoms with E-state index in [0.717, 1.165) is 6.54 Å². The number of carbonyl (C=O) groups is 1. The van der Waals surface area contributed by atoms with Crippen LogP contribution in [0.4, 0.5) is 0 Å². The van der Waals surface area contributed by atoms with Crippen molar-refractivity contribution in [3.63, 3.8) is 0 Å². The average molecular weight is 318 g/mol. The Hall–Kier alpha value is -0.970. The largest absolute Gasteiger partial charge is 0.489 e. The first kappa shape index (κ1) is 15.4. The fourth-order valence-corrected chi connectivity index (χ4v) is 3.04. The van der Waals surface area contributed by atoms with E-state index in [4.69, 9.17) is 33.0 Å². The topological polar surface area (TPSA) is 49.8 Å². The first-order chi connectivity index (χ1) is 9.50. The SMILES string of the molecule is CC1C(C(=O)O)CCN1CCOc1c(Cl)cccc1Cl. The van der Waals surface area contributed by atoms with E-state index in [1.54, 1.807) is 18.2 Å². The minimum atomic E-state index is -0.727. The van der Waals surface area contributed by atoms with Crippen molar-refractivity contribution in [3.05, 3.63) is 28.2 Å². The number of likely N-dealkylation sites (tertiary alicyclic amines) is 1. The van der Waals surface area contributed by atoms with E-state index >= 15 is 0 Å². The summed E-state index contributed by atoms with van der Waals surface area (Å²) < 4.78 is 5.62. The average Bonchev–Trinajstić information content (AvgIpc) is 2.75. The van der Waals surface area contributed by atoms with Gasteiger partial charge in [0.2, 0.25) is 0 Å². The Morgan fingerprint density at radius 3 is 2.65 bits per heavy atom. The Bertz CT molecular complexity index is 475. The number of carboxylic acid groups (broad SMARTS) is 1. The second-order valence-electron chi connectivity index (χ2n) is 4.91. The predicted octanol–water partition coefficient (Wildman–Crippen LogP) is 3.17. The number of ether oxygens (including phenoxy) is 1. The molecule has 1 aromatic carbocycles. The van der Waals surface area contributed by atoms with Crippen LogP contribution in [0.25, 0.3) is 0 Å². The number of carboxylic acids is 1. The van der Waals surface area contributed by atoms with Crippen molar-refractivity contribution in [1.29, 1.82) is 0 Å². The van der Waals surface area contributed by atoms with Crippen LogP contribution in [0.5, 0.6) is 5.75 Å². The highest BCUT2D eigenvalue weighted by molar-refractivity contribution is 6.37. The van der Waals surface area contributed by atoms with Gasteiger partial charge in [0.1, 0.15) is 6.61 Å². The summed E-state index contributed by atoms with van der Waals surface area (Å²) in [6.07, 6.45) is 0.684. The second-order valence-corrected chi connectivity index (χ2v) is 5.72. The van der Waals surface area contributed by atoms with Crippen LogP contribution in [0.1, 0.15) is 13.3 Å². The Morgan fingerprint density at radius 2 is 2.10 bits per heavy atom. The summed E-state index contributed by atoms with van der Waals surface area (Å²) in [4.78, 5) is 13.2. The van der Waals surface area contributed by atoms with Crippen molar-refractivity contribution in [2.75, 3.05) is 19.7 Å². The van der Waals surface area contributed by atoms with Crippen LogP contribution in [-0.2, 0) is 4.79 Å². The lowest BCUT2D eigenvalue weighted by Gasteiger charge is -2.23. The second kappa shape index (κ2) is 6.66. The van der Waals surface area contributed by atoms with Gasteiger partial charge >= 0.3 is 5.97 Å². The molecule has 1 heterocycles. The van der Waals surface area contributed by atoms with E-state index in [2.05, 4.69) is 4.90 Å². The van der Waals surface area contributed by atoms with Crippen LogP contribution in [0.3, 0.4) is 0 Å². The number of rotatable bonds is 5. The van der Waals surface area contributed by atoms with Gasteiger partial charge in [0.25, 0.3) is 0 Å². The number of benzene rings is 1. The van der Waals surface area contributed by atoms with Gasteiger partial charge in [-0.1, -0.05) is 29.3 Å². The Morgan fingerprint density at radius 1 is 1.45 bits per heavy atom. The molecule has 4 nitrogen and oxygen atoms in total. The molecule has 1 N–H and O–H groups in total. The molecule has 1 aliphatic heterocycles. The van der Waals surface area contributed by atoms with Gasteiger partial charge in [0, 0.05) is 12.6 Å². The predicted molar refractivity (Wildman–Crippen MR) is 78.7 cm³/mol. The van der Waals surface area contributed by atoms with E-state index in [-0.39, 0.29) is 12.0 Å². The number of halogens is 2. The van der Waals surface area contributed by atoms with Crippen molar-refractivity contribution in [3.8, 4) is 5.75 Å². The third-order valence-corrected chi connectivity index (χ3v) is 4.34. The molecule has 1 saturated heterocycles. The Labute approximate surface area is 128 Å². The van der Waals surface area contributed by atoms with Gasteiger partial charge < -0.3 is 9.84 Å². The molecule has 0 spiro atoms. The van der Waals surface area contributed by atoms with E-state index < -0.39 is 5.97 Å². The third kappa shape index (κ3) is 3.37. The molecule has 1 aliphatic rings. The molecular weight excluding hydrogens is 301 g/mol. The molecule has 0 bridgehead atoms. The van der Waals surface area contributed by atoms with Gasteiger partial charge in [-0.05, 0) is 32.0 Å². The lowest BCUT2D eigenvalue weighted by molar-refractivity contribution is -0.142. The van der Waals surface area contributed by atoms with Gasteiger partial charge in [0.15, 0.2) is 5.75 Å². The molecule has 20 heavy (non-hydrogen) atoms. The van der Waals surface area contributed by atoms with Gasteiger partial charge in [-0.15, -0.1) is 0 Å². The maximum Gasteiger partial charge on any atom is 0.308 e. The molecule has 6 heteroatoms. The summed E-state index contributed by atoms with van der Waals surface area (Å²) in [5, 5.41) is 10.0. The van der Waals surface area contributed by atoms with E-state index in [0.29, 0.717) is 35.4 Å². The summed E-state index contributed by atoms with van der Waals surface area (Å²) in [5.74, 6) is -0.536. The van der Waals surface area contributed by atoms with Crippen LogP contribution in [0.2, 0.25) is 10.0 Å². The number of para-hydroxylation sites is 1. The monoisotopic (exact) mass is 317 g/mol. The Kier molecular flexibility index (Phi) is 5.13. The highest BCUT2D eigenvalue weighted by Gasteiger charge is 2.35. The molecule has 0 saturated carbocycles. The van der Waals surface area contributed by atoms with E-state index in [1.807, 2.05) is 6.92 Å². The maximum absolute atomic E-state index is 11.0. The summed E-state index contributed by atoms with van der Waals surface area (Å²) >= 11 is 12.0. The third-order valence-electron chi connectivity index (χ3n) is 3.75. The van der Waals surface area contributed by atoms with Gasteiger partial charge in [0.05, 0.1) is 16.0 Å². The quantitative estimate of drug-likeness (QED) is 0.906. The number of hydrogen-bond acceptors (Lipinski definition) is 3. The smallest absolute Gasteiger partial charge is 0.308 e. The molecule has 110 valence electrons. The summed E-state index contributed by atoms with van der Waals surface area (Å²) in [6, 6.07) is 5.24. The minimum Gasteiger partial charge on any atom is -0.489 e.